The van der Waals surface area contributed by atoms with Crippen LogP contribution in [0.3, 0.4) is 0 Å². The summed E-state index contributed by atoms with van der Waals surface area (Å²) in [6, 6.07) is 11.1. The van der Waals surface area contributed by atoms with Crippen molar-refractivity contribution in [1.82, 2.24) is 0 Å². The van der Waals surface area contributed by atoms with Gasteiger partial charge in [0.05, 0.1) is 15.6 Å². The Morgan fingerprint density at radius 2 is 1.81 bits per heavy atom. The van der Waals surface area contributed by atoms with Gasteiger partial charge in [0.2, 0.25) is 0 Å². The van der Waals surface area contributed by atoms with Crippen molar-refractivity contribution in [3.63, 3.8) is 0 Å². The number of anilines is 1. The van der Waals surface area contributed by atoms with Crippen LogP contribution in [-0.2, 0) is 10.0 Å². The topological polar surface area (TPSA) is 72.2 Å². The third-order valence-corrected chi connectivity index (χ3v) is 4.76. The van der Waals surface area contributed by atoms with Crippen molar-refractivity contribution in [2.24, 2.45) is 5.73 Å². The number of thiocarbonyl (C=S) groups is 1. The van der Waals surface area contributed by atoms with Crippen molar-refractivity contribution in [3.8, 4) is 0 Å². The Morgan fingerprint density at radius 1 is 1.19 bits per heavy atom. The summed E-state index contributed by atoms with van der Waals surface area (Å²) in [6.07, 6.45) is 0. The molecule has 0 unspecified atom stereocenters. The number of halogens is 1. The van der Waals surface area contributed by atoms with Crippen molar-refractivity contribution in [2.45, 2.75) is 11.8 Å². The number of nitrogens with one attached hydrogen (secondary N) is 1. The van der Waals surface area contributed by atoms with E-state index in [1.807, 2.05) is 6.92 Å². The third-order valence-electron chi connectivity index (χ3n) is 2.82. The highest BCUT2D eigenvalue weighted by Gasteiger charge is 2.16. The Bertz CT molecular complexity index is 787. The van der Waals surface area contributed by atoms with Gasteiger partial charge in [0.15, 0.2) is 0 Å². The molecule has 0 radical (unpaired) electrons. The first-order valence-electron chi connectivity index (χ1n) is 5.98. The Labute approximate surface area is 134 Å². The highest BCUT2D eigenvalue weighted by atomic mass is 35.5. The van der Waals surface area contributed by atoms with Crippen molar-refractivity contribution in [3.05, 3.63) is 58.6 Å². The van der Waals surface area contributed by atoms with Gasteiger partial charge in [-0.1, -0.05) is 42.0 Å². The van der Waals surface area contributed by atoms with Crippen LogP contribution in [0, 0.1) is 6.92 Å². The zero-order valence-corrected chi connectivity index (χ0v) is 13.5. The maximum Gasteiger partial charge on any atom is 0.261 e. The van der Waals surface area contributed by atoms with E-state index in [0.29, 0.717) is 16.3 Å². The fraction of sp³-hybridized carbons (Fsp3) is 0.0714. The summed E-state index contributed by atoms with van der Waals surface area (Å²) in [6.45, 7) is 1.85. The van der Waals surface area contributed by atoms with E-state index in [0.717, 1.165) is 5.56 Å². The molecule has 0 heterocycles. The predicted molar refractivity (Wildman–Crippen MR) is 89.3 cm³/mol. The van der Waals surface area contributed by atoms with Crippen molar-refractivity contribution in [1.29, 1.82) is 0 Å². The monoisotopic (exact) mass is 340 g/mol. The van der Waals surface area contributed by atoms with Crippen LogP contribution in [0.25, 0.3) is 0 Å². The summed E-state index contributed by atoms with van der Waals surface area (Å²) in [5.74, 6) is 0. The third kappa shape index (κ3) is 3.72. The standard InChI is InChI=1S/C14H13ClN2O2S2/c1-9-2-7-12(15)13(8-9)17-21(18,19)11-5-3-10(4-6-11)14(16)20/h2-8,17H,1H3,(H2,16,20). The van der Waals surface area contributed by atoms with Crippen molar-refractivity contribution < 1.29 is 8.42 Å². The van der Waals surface area contributed by atoms with Gasteiger partial charge in [-0.3, -0.25) is 4.72 Å². The molecule has 0 spiro atoms. The lowest BCUT2D eigenvalue weighted by atomic mass is 10.2. The Hall–Kier alpha value is -1.63. The number of hydrogen-bond acceptors (Lipinski definition) is 3. The van der Waals surface area contributed by atoms with Gasteiger partial charge in [0, 0.05) is 5.56 Å². The molecule has 0 saturated heterocycles. The molecule has 0 fully saturated rings. The van der Waals surface area contributed by atoms with Crippen LogP contribution in [0.1, 0.15) is 11.1 Å². The summed E-state index contributed by atoms with van der Waals surface area (Å²) in [7, 11) is -3.71. The highest BCUT2D eigenvalue weighted by molar-refractivity contribution is 7.92. The molecule has 2 aromatic rings. The Morgan fingerprint density at radius 3 is 2.38 bits per heavy atom. The van der Waals surface area contributed by atoms with Crippen LogP contribution in [0.2, 0.25) is 5.02 Å². The molecule has 0 atom stereocenters. The van der Waals surface area contributed by atoms with Gasteiger partial charge >= 0.3 is 0 Å². The molecule has 0 aliphatic rings. The lowest BCUT2D eigenvalue weighted by Crippen LogP contribution is -2.14. The van der Waals surface area contributed by atoms with Gasteiger partial charge in [-0.05, 0) is 36.8 Å². The van der Waals surface area contributed by atoms with E-state index in [9.17, 15) is 8.42 Å². The van der Waals surface area contributed by atoms with Gasteiger partial charge in [-0.15, -0.1) is 0 Å². The number of hydrogen-bond donors (Lipinski definition) is 2. The summed E-state index contributed by atoms with van der Waals surface area (Å²) in [5, 5.41) is 0.337. The summed E-state index contributed by atoms with van der Waals surface area (Å²) >= 11 is 10.8. The molecule has 2 rings (SSSR count). The molecule has 3 N–H and O–H groups in total. The normalized spacial score (nSPS) is 11.1. The van der Waals surface area contributed by atoms with Crippen LogP contribution in [0.4, 0.5) is 5.69 Å². The molecule has 21 heavy (non-hydrogen) atoms. The molecule has 0 bridgehead atoms. The lowest BCUT2D eigenvalue weighted by molar-refractivity contribution is 0.601. The minimum absolute atomic E-state index is 0.111. The zero-order valence-electron chi connectivity index (χ0n) is 11.1. The average molecular weight is 341 g/mol. The van der Waals surface area contributed by atoms with Gasteiger partial charge < -0.3 is 5.73 Å². The minimum Gasteiger partial charge on any atom is -0.389 e. The average Bonchev–Trinajstić information content (AvgIpc) is 2.43. The highest BCUT2D eigenvalue weighted by Crippen LogP contribution is 2.25. The molecule has 7 heteroatoms. The first-order valence-corrected chi connectivity index (χ1v) is 8.25. The Kier molecular flexibility index (Phi) is 4.51. The summed E-state index contributed by atoms with van der Waals surface area (Å²) in [5.41, 5.74) is 7.34. The summed E-state index contributed by atoms with van der Waals surface area (Å²) in [4.78, 5) is 0.328. The molecule has 4 nitrogen and oxygen atoms in total. The van der Waals surface area contributed by atoms with Gasteiger partial charge in [0.1, 0.15) is 4.99 Å². The van der Waals surface area contributed by atoms with Gasteiger partial charge in [-0.2, -0.15) is 0 Å². The molecular formula is C14H13ClN2O2S2. The molecule has 0 aliphatic heterocycles. The molecule has 0 saturated carbocycles. The fourth-order valence-electron chi connectivity index (χ4n) is 1.72. The second-order valence-corrected chi connectivity index (χ2v) is 7.01. The SMILES string of the molecule is Cc1ccc(Cl)c(NS(=O)(=O)c2ccc(C(N)=S)cc2)c1. The van der Waals surface area contributed by atoms with Crippen molar-refractivity contribution >= 4 is 44.5 Å². The smallest absolute Gasteiger partial charge is 0.261 e. The van der Waals surface area contributed by atoms with Crippen LogP contribution < -0.4 is 10.5 Å². The second kappa shape index (κ2) is 6.01. The van der Waals surface area contributed by atoms with Crippen LogP contribution in [0.5, 0.6) is 0 Å². The first kappa shape index (κ1) is 15.8. The van der Waals surface area contributed by atoms with Crippen molar-refractivity contribution in [2.75, 3.05) is 4.72 Å². The van der Waals surface area contributed by atoms with E-state index >= 15 is 0 Å². The van der Waals surface area contributed by atoms with Crippen LogP contribution in [-0.4, -0.2) is 13.4 Å². The number of nitrogens with two attached hydrogens (primary N) is 1. The van der Waals surface area contributed by atoms with Crippen LogP contribution >= 0.6 is 23.8 Å². The maximum absolute atomic E-state index is 12.3. The molecule has 0 aromatic heterocycles. The molecule has 2 aromatic carbocycles. The Balaban J connectivity index is 2.34. The lowest BCUT2D eigenvalue weighted by Gasteiger charge is -2.10. The van der Waals surface area contributed by atoms with E-state index in [1.54, 1.807) is 30.3 Å². The largest absolute Gasteiger partial charge is 0.389 e. The number of sulfonamides is 1. The molecule has 0 amide bonds. The fourth-order valence-corrected chi connectivity index (χ4v) is 3.15. The predicted octanol–water partition coefficient (Wildman–Crippen LogP) is 3.08. The zero-order chi connectivity index (χ0) is 15.6. The number of aryl methyl sites for hydroxylation is 1. The molecule has 0 aliphatic carbocycles. The van der Waals surface area contributed by atoms with E-state index in [4.69, 9.17) is 29.6 Å². The van der Waals surface area contributed by atoms with Crippen LogP contribution in [0.15, 0.2) is 47.4 Å². The molecule has 110 valence electrons. The van der Waals surface area contributed by atoms with Gasteiger partial charge in [-0.25, -0.2) is 8.42 Å². The minimum atomic E-state index is -3.71. The number of benzene rings is 2. The second-order valence-electron chi connectivity index (χ2n) is 4.48. The van der Waals surface area contributed by atoms with E-state index < -0.39 is 10.0 Å². The maximum atomic E-state index is 12.3. The van der Waals surface area contributed by atoms with E-state index in [2.05, 4.69) is 4.72 Å². The van der Waals surface area contributed by atoms with E-state index in [1.165, 1.54) is 12.1 Å². The first-order chi connectivity index (χ1) is 9.79. The quantitative estimate of drug-likeness (QED) is 0.839. The molecular weight excluding hydrogens is 328 g/mol. The number of rotatable bonds is 4. The van der Waals surface area contributed by atoms with E-state index in [-0.39, 0.29) is 9.88 Å². The van der Waals surface area contributed by atoms with Gasteiger partial charge in [0.25, 0.3) is 10.0 Å². The summed E-state index contributed by atoms with van der Waals surface area (Å²) < 4.78 is 27.1.